The zero-order chi connectivity index (χ0) is 27.0. The third-order valence-electron chi connectivity index (χ3n) is 4.13. The summed E-state index contributed by atoms with van der Waals surface area (Å²) in [6.07, 6.45) is -7.68. The fraction of sp³-hybridized carbons (Fsp3) is 0.562. The molecule has 18 heteroatoms. The highest BCUT2D eigenvalue weighted by Crippen LogP contribution is 2.62. The smallest absolute Gasteiger partial charge is 0.383 e. The van der Waals surface area contributed by atoms with Gasteiger partial charge < -0.3 is 10.6 Å². The molecule has 196 valence electrons. The van der Waals surface area contributed by atoms with E-state index >= 15 is 0 Å². The summed E-state index contributed by atoms with van der Waals surface area (Å²) in [6.45, 7) is -1.62. The maximum Gasteiger partial charge on any atom is 0.460 e. The molecule has 0 unspecified atom stereocenters. The van der Waals surface area contributed by atoms with Gasteiger partial charge in [-0.15, -0.1) is 0 Å². The Kier molecular flexibility index (Phi) is 7.72. The van der Waals surface area contributed by atoms with E-state index in [2.05, 4.69) is 5.32 Å². The van der Waals surface area contributed by atoms with Gasteiger partial charge in [-0.25, -0.2) is 0 Å². The topological polar surface area (TPSA) is 41.1 Å². The molecule has 1 amide bonds. The van der Waals surface area contributed by atoms with Crippen molar-refractivity contribution < 1.29 is 70.7 Å². The van der Waals surface area contributed by atoms with E-state index in [-0.39, 0.29) is 5.69 Å². The lowest BCUT2D eigenvalue weighted by atomic mass is 9.91. The minimum Gasteiger partial charge on any atom is -0.383 e. The average molecular weight is 532 g/mol. The zero-order valence-electron chi connectivity index (χ0n) is 15.9. The Morgan fingerprint density at radius 3 is 1.44 bits per heavy atom. The number of para-hydroxylation sites is 1. The van der Waals surface area contributed by atoms with Gasteiger partial charge in [0.2, 0.25) is 0 Å². The van der Waals surface area contributed by atoms with Gasteiger partial charge >= 0.3 is 41.7 Å². The number of hydrogen-bond donors (Lipinski definition) is 2. The van der Waals surface area contributed by atoms with Crippen molar-refractivity contribution >= 4 is 11.6 Å². The summed E-state index contributed by atoms with van der Waals surface area (Å²) < 4.78 is 196. The van der Waals surface area contributed by atoms with Gasteiger partial charge in [-0.2, -0.15) is 65.9 Å². The molecule has 0 bridgehead atoms. The number of anilines is 1. The Bertz CT molecular complexity index is 852. The number of nitrogens with one attached hydrogen (secondary N) is 2. The number of carbonyl (C=O) groups excluding carboxylic acids is 1. The number of benzene rings is 1. The van der Waals surface area contributed by atoms with Gasteiger partial charge in [-0.05, 0) is 12.1 Å². The predicted octanol–water partition coefficient (Wildman–Crippen LogP) is 5.59. The summed E-state index contributed by atoms with van der Waals surface area (Å²) >= 11 is 0. The molecule has 0 aliphatic rings. The summed E-state index contributed by atoms with van der Waals surface area (Å²) in [7, 11) is 0. The van der Waals surface area contributed by atoms with Crippen LogP contribution < -0.4 is 10.6 Å². The lowest BCUT2D eigenvalue weighted by Crippen LogP contribution is -2.74. The van der Waals surface area contributed by atoms with Crippen LogP contribution in [0.1, 0.15) is 0 Å². The van der Waals surface area contributed by atoms with Gasteiger partial charge in [0, 0.05) is 18.8 Å². The molecule has 0 aliphatic carbocycles. The summed E-state index contributed by atoms with van der Waals surface area (Å²) in [6, 6.07) is 7.19. The van der Waals surface area contributed by atoms with Crippen molar-refractivity contribution in [3.8, 4) is 0 Å². The van der Waals surface area contributed by atoms with E-state index in [1.165, 1.54) is 30.3 Å². The van der Waals surface area contributed by atoms with E-state index in [0.717, 1.165) is 5.32 Å². The highest BCUT2D eigenvalue weighted by Gasteiger charge is 2.94. The largest absolute Gasteiger partial charge is 0.460 e. The molecular weight excluding hydrogens is 521 g/mol. The third-order valence-corrected chi connectivity index (χ3v) is 4.13. The second-order valence-electron chi connectivity index (χ2n) is 6.49. The Labute approximate surface area is 179 Å². The third kappa shape index (κ3) is 4.54. The van der Waals surface area contributed by atoms with E-state index < -0.39 is 60.7 Å². The molecule has 2 N–H and O–H groups in total. The highest BCUT2D eigenvalue weighted by atomic mass is 19.4. The van der Waals surface area contributed by atoms with Crippen LogP contribution in [0, 0.1) is 0 Å². The molecule has 0 heterocycles. The first kappa shape index (κ1) is 29.5. The number of amides is 1. The second-order valence-corrected chi connectivity index (χ2v) is 6.49. The molecule has 0 fully saturated rings. The van der Waals surface area contributed by atoms with Gasteiger partial charge in [-0.1, -0.05) is 18.2 Å². The molecule has 1 rings (SSSR count). The van der Waals surface area contributed by atoms with Crippen LogP contribution >= 0.6 is 0 Å². The van der Waals surface area contributed by atoms with Crippen molar-refractivity contribution in [1.29, 1.82) is 0 Å². The van der Waals surface area contributed by atoms with Crippen LogP contribution in [-0.2, 0) is 4.79 Å². The number of rotatable bonds is 10. The van der Waals surface area contributed by atoms with E-state index in [9.17, 15) is 70.7 Å². The predicted molar refractivity (Wildman–Crippen MR) is 83.7 cm³/mol. The van der Waals surface area contributed by atoms with Gasteiger partial charge in [0.15, 0.2) is 0 Å². The van der Waals surface area contributed by atoms with E-state index in [1.54, 1.807) is 0 Å². The fourth-order valence-electron chi connectivity index (χ4n) is 2.16. The van der Waals surface area contributed by atoms with Gasteiger partial charge in [0.25, 0.3) is 5.91 Å². The molecule has 0 saturated heterocycles. The summed E-state index contributed by atoms with van der Waals surface area (Å²) in [4.78, 5) is 11.2. The minimum atomic E-state index is -8.43. The van der Waals surface area contributed by atoms with Crippen LogP contribution in [0.15, 0.2) is 30.3 Å². The van der Waals surface area contributed by atoms with Crippen LogP contribution in [0.3, 0.4) is 0 Å². The molecular formula is C16H11F15N2O. The highest BCUT2D eigenvalue weighted by molar-refractivity contribution is 5.84. The van der Waals surface area contributed by atoms with Crippen molar-refractivity contribution in [3.05, 3.63) is 30.3 Å². The normalized spacial score (nSPS) is 14.7. The van der Waals surface area contributed by atoms with E-state index in [4.69, 9.17) is 0 Å². The number of hydrogen-bond acceptors (Lipinski definition) is 2. The number of carbonyl (C=O) groups is 1. The SMILES string of the molecule is O=C(NCCNc1ccccc1)C(F)(F)C(F)(F)C(F)(F)C(F)(F)C(F)(F)C(F)(F)C(F)(F)F. The van der Waals surface area contributed by atoms with Gasteiger partial charge in [0.05, 0.1) is 0 Å². The Morgan fingerprint density at radius 1 is 0.588 bits per heavy atom. The standard InChI is InChI=1S/C16H11F15N2O/c17-10(18,9(34)33-7-6-32-8-4-2-1-3-5-8)11(19,20)12(21,22)13(23,24)14(25,26)15(27,28)16(29,30)31/h1-5,32H,6-7H2,(H,33,34). The van der Waals surface area contributed by atoms with Crippen LogP contribution in [-0.4, -0.2) is 60.7 Å². The van der Waals surface area contributed by atoms with Crippen molar-refractivity contribution in [2.75, 3.05) is 18.4 Å². The summed E-state index contributed by atoms with van der Waals surface area (Å²) in [5.74, 6) is -51.4. The average Bonchev–Trinajstić information content (AvgIpc) is 2.70. The molecule has 1 aromatic carbocycles. The summed E-state index contributed by atoms with van der Waals surface area (Å²) in [5.41, 5.74) is 0.271. The maximum absolute atomic E-state index is 13.6. The maximum atomic E-state index is 13.6. The summed E-state index contributed by atoms with van der Waals surface area (Å²) in [5, 5.41) is 3.28. The van der Waals surface area contributed by atoms with Gasteiger partial charge in [0.1, 0.15) is 0 Å². The molecule has 0 saturated carbocycles. The van der Waals surface area contributed by atoms with Gasteiger partial charge in [-0.3, -0.25) is 4.79 Å². The first-order valence-corrected chi connectivity index (χ1v) is 8.41. The number of halogens is 15. The van der Waals surface area contributed by atoms with Crippen molar-refractivity contribution in [2.24, 2.45) is 0 Å². The Hall–Kier alpha value is -2.56. The Balaban J connectivity index is 3.16. The zero-order valence-corrected chi connectivity index (χ0v) is 15.9. The van der Waals surface area contributed by atoms with Crippen LogP contribution in [0.4, 0.5) is 71.5 Å². The molecule has 0 atom stereocenters. The van der Waals surface area contributed by atoms with Crippen LogP contribution in [0.25, 0.3) is 0 Å². The molecule has 34 heavy (non-hydrogen) atoms. The first-order valence-electron chi connectivity index (χ1n) is 8.41. The van der Waals surface area contributed by atoms with Crippen molar-refractivity contribution in [3.63, 3.8) is 0 Å². The lowest BCUT2D eigenvalue weighted by Gasteiger charge is -2.41. The molecule has 0 radical (unpaired) electrons. The Morgan fingerprint density at radius 2 is 1.00 bits per heavy atom. The minimum absolute atomic E-state index is 0.271. The molecule has 3 nitrogen and oxygen atoms in total. The van der Waals surface area contributed by atoms with E-state index in [1.807, 2.05) is 0 Å². The fourth-order valence-corrected chi connectivity index (χ4v) is 2.16. The van der Waals surface area contributed by atoms with E-state index in [0.29, 0.717) is 0 Å². The first-order chi connectivity index (χ1) is 15.0. The van der Waals surface area contributed by atoms with Crippen molar-refractivity contribution in [2.45, 2.75) is 41.7 Å². The monoisotopic (exact) mass is 532 g/mol. The van der Waals surface area contributed by atoms with Crippen LogP contribution in [0.2, 0.25) is 0 Å². The lowest BCUT2D eigenvalue weighted by molar-refractivity contribution is -0.449. The second kappa shape index (κ2) is 8.90. The van der Waals surface area contributed by atoms with Crippen molar-refractivity contribution in [1.82, 2.24) is 5.32 Å². The molecule has 1 aromatic rings. The molecule has 0 spiro atoms. The molecule has 0 aliphatic heterocycles. The molecule has 0 aromatic heterocycles. The number of alkyl halides is 15. The quantitative estimate of drug-likeness (QED) is 0.305. The van der Waals surface area contributed by atoms with Crippen LogP contribution in [0.5, 0.6) is 0 Å².